The number of nitrogens with one attached hydrogen (secondary N) is 1. The van der Waals surface area contributed by atoms with E-state index in [1.807, 2.05) is 60.7 Å². The molecule has 0 spiro atoms. The summed E-state index contributed by atoms with van der Waals surface area (Å²) >= 11 is 0. The average molecular weight is 427 g/mol. The van der Waals surface area contributed by atoms with Crippen LogP contribution in [0.4, 0.5) is 11.4 Å². The maximum absolute atomic E-state index is 11.3. The maximum Gasteiger partial charge on any atom is 0.119 e. The van der Waals surface area contributed by atoms with Crippen LogP contribution in [0, 0.1) is 5.92 Å². The monoisotopic (exact) mass is 426 g/mol. The molecular weight excluding hydrogens is 400 g/mol. The Labute approximate surface area is 188 Å². The van der Waals surface area contributed by atoms with E-state index in [1.54, 1.807) is 14.2 Å². The van der Waals surface area contributed by atoms with E-state index in [1.165, 1.54) is 0 Å². The second-order valence-electron chi connectivity index (χ2n) is 8.17. The molecule has 0 radical (unpaired) electrons. The molecule has 32 heavy (non-hydrogen) atoms. The third-order valence-corrected chi connectivity index (χ3v) is 6.29. The van der Waals surface area contributed by atoms with Crippen molar-refractivity contribution in [1.82, 2.24) is 0 Å². The van der Waals surface area contributed by atoms with E-state index in [4.69, 9.17) is 14.5 Å². The quantitative estimate of drug-likeness (QED) is 0.522. The highest BCUT2D eigenvalue weighted by atomic mass is 16.5. The molecule has 3 aromatic carbocycles. The number of allylic oxidation sites excluding steroid dienone is 1. The molecule has 1 aliphatic carbocycles. The topological polar surface area (TPSA) is 63.1 Å². The Hall–Kier alpha value is -3.73. The van der Waals surface area contributed by atoms with Gasteiger partial charge in [-0.1, -0.05) is 36.4 Å². The van der Waals surface area contributed by atoms with Crippen LogP contribution < -0.4 is 14.8 Å². The molecule has 0 aromatic heterocycles. The number of aliphatic hydroxyl groups is 1. The molecule has 0 saturated carbocycles. The van der Waals surface area contributed by atoms with E-state index < -0.39 is 0 Å². The van der Waals surface area contributed by atoms with E-state index in [0.29, 0.717) is 5.76 Å². The SMILES string of the molecule is COc1ccc(C2C=C(O)C3C(=Nc4ccccc4NC3c3cccc(OC)c3)C2)cc1. The van der Waals surface area contributed by atoms with E-state index in [2.05, 4.69) is 23.5 Å². The molecule has 0 bridgehead atoms. The Kier molecular flexibility index (Phi) is 5.31. The molecule has 5 nitrogen and oxygen atoms in total. The smallest absolute Gasteiger partial charge is 0.119 e. The van der Waals surface area contributed by atoms with Crippen molar-refractivity contribution in [3.8, 4) is 11.5 Å². The van der Waals surface area contributed by atoms with Crippen LogP contribution in [0.2, 0.25) is 0 Å². The summed E-state index contributed by atoms with van der Waals surface area (Å²) < 4.78 is 10.8. The molecule has 1 aliphatic heterocycles. The lowest BCUT2D eigenvalue weighted by atomic mass is 9.77. The summed E-state index contributed by atoms with van der Waals surface area (Å²) in [5, 5.41) is 14.9. The Bertz CT molecular complexity index is 1180. The first-order valence-electron chi connectivity index (χ1n) is 10.8. The lowest BCUT2D eigenvalue weighted by Gasteiger charge is -2.33. The van der Waals surface area contributed by atoms with Crippen LogP contribution in [0.25, 0.3) is 0 Å². The zero-order chi connectivity index (χ0) is 22.1. The Morgan fingerprint density at radius 1 is 0.875 bits per heavy atom. The number of benzene rings is 3. The standard InChI is InChI=1S/C27H26N2O3/c1-31-20-12-10-17(11-13-20)19-15-24-26(25(30)16-19)27(18-6-5-7-21(14-18)32-2)29-23-9-4-3-8-22(23)28-24/h3-14,16,19,26-27,29-30H,15H2,1-2H3. The van der Waals surface area contributed by atoms with Gasteiger partial charge < -0.3 is 19.9 Å². The highest BCUT2D eigenvalue weighted by Crippen LogP contribution is 2.45. The van der Waals surface area contributed by atoms with Crippen LogP contribution in [0.1, 0.15) is 29.5 Å². The molecule has 1 heterocycles. The molecule has 3 atom stereocenters. The lowest BCUT2D eigenvalue weighted by molar-refractivity contribution is 0.337. The van der Waals surface area contributed by atoms with Crippen molar-refractivity contribution < 1.29 is 14.6 Å². The average Bonchev–Trinajstić information content (AvgIpc) is 3.01. The Morgan fingerprint density at radius 2 is 1.66 bits per heavy atom. The van der Waals surface area contributed by atoms with E-state index in [0.717, 1.165) is 46.1 Å². The number of nitrogens with zero attached hydrogens (tertiary/aromatic N) is 1. The number of aliphatic hydroxyl groups excluding tert-OH is 1. The normalized spacial score (nSPS) is 21.8. The van der Waals surface area contributed by atoms with E-state index >= 15 is 0 Å². The summed E-state index contributed by atoms with van der Waals surface area (Å²) in [6.45, 7) is 0. The number of ether oxygens (including phenoxy) is 2. The van der Waals surface area contributed by atoms with Crippen molar-refractivity contribution in [3.63, 3.8) is 0 Å². The Morgan fingerprint density at radius 3 is 2.44 bits per heavy atom. The highest BCUT2D eigenvalue weighted by Gasteiger charge is 2.38. The van der Waals surface area contributed by atoms with Gasteiger partial charge in [0.2, 0.25) is 0 Å². The van der Waals surface area contributed by atoms with Gasteiger partial charge in [0.15, 0.2) is 0 Å². The summed E-state index contributed by atoms with van der Waals surface area (Å²) in [4.78, 5) is 5.04. The fourth-order valence-electron chi connectivity index (χ4n) is 4.64. The van der Waals surface area contributed by atoms with Crippen molar-refractivity contribution >= 4 is 17.1 Å². The minimum atomic E-state index is -0.260. The first-order chi connectivity index (χ1) is 15.7. The van der Waals surface area contributed by atoms with Gasteiger partial charge in [-0.25, -0.2) is 0 Å². The summed E-state index contributed by atoms with van der Waals surface area (Å²) in [6.07, 6.45) is 2.70. The zero-order valence-electron chi connectivity index (χ0n) is 18.2. The Balaban J connectivity index is 1.60. The third kappa shape index (κ3) is 3.71. The molecule has 2 N–H and O–H groups in total. The molecule has 3 unspecified atom stereocenters. The summed E-state index contributed by atoms with van der Waals surface area (Å²) in [5.74, 6) is 1.73. The molecule has 2 aliphatic rings. The van der Waals surface area contributed by atoms with E-state index in [-0.39, 0.29) is 17.9 Å². The molecule has 162 valence electrons. The van der Waals surface area contributed by atoms with Crippen LogP contribution >= 0.6 is 0 Å². The summed E-state index contributed by atoms with van der Waals surface area (Å²) in [6, 6.07) is 23.9. The van der Waals surface area contributed by atoms with Gasteiger partial charge in [0.1, 0.15) is 17.3 Å². The minimum Gasteiger partial charge on any atom is -0.512 e. The fourth-order valence-corrected chi connectivity index (χ4v) is 4.64. The van der Waals surface area contributed by atoms with Gasteiger partial charge in [0, 0.05) is 11.6 Å². The van der Waals surface area contributed by atoms with Crippen molar-refractivity contribution in [2.75, 3.05) is 19.5 Å². The fraction of sp³-hybridized carbons (Fsp3) is 0.222. The van der Waals surface area contributed by atoms with E-state index in [9.17, 15) is 5.11 Å². The third-order valence-electron chi connectivity index (χ3n) is 6.29. The number of methoxy groups -OCH3 is 2. The first-order valence-corrected chi connectivity index (χ1v) is 10.8. The number of aliphatic imine (C=N–C) groups is 1. The highest BCUT2D eigenvalue weighted by molar-refractivity contribution is 5.96. The molecule has 5 heteroatoms. The van der Waals surface area contributed by atoms with Crippen LogP contribution in [0.15, 0.2) is 89.6 Å². The zero-order valence-corrected chi connectivity index (χ0v) is 18.2. The lowest BCUT2D eigenvalue weighted by Crippen LogP contribution is -2.32. The minimum absolute atomic E-state index is 0.0483. The van der Waals surface area contributed by atoms with Gasteiger partial charge in [0.05, 0.1) is 37.6 Å². The van der Waals surface area contributed by atoms with Crippen molar-refractivity contribution in [2.24, 2.45) is 10.9 Å². The van der Waals surface area contributed by atoms with Gasteiger partial charge in [-0.3, -0.25) is 4.99 Å². The van der Waals surface area contributed by atoms with Gasteiger partial charge in [-0.15, -0.1) is 0 Å². The predicted octanol–water partition coefficient (Wildman–Crippen LogP) is 6.19. The van der Waals surface area contributed by atoms with Gasteiger partial charge in [-0.2, -0.15) is 0 Å². The summed E-state index contributed by atoms with van der Waals surface area (Å²) in [5.41, 5.74) is 4.98. The molecule has 0 fully saturated rings. The number of hydrogen-bond donors (Lipinski definition) is 2. The van der Waals surface area contributed by atoms with Crippen LogP contribution in [-0.4, -0.2) is 25.0 Å². The van der Waals surface area contributed by atoms with Crippen LogP contribution in [0.3, 0.4) is 0 Å². The molecule has 3 aromatic rings. The first kappa shape index (κ1) is 20.2. The number of hydrogen-bond acceptors (Lipinski definition) is 5. The van der Waals surface area contributed by atoms with Crippen molar-refractivity contribution in [1.29, 1.82) is 0 Å². The number of para-hydroxylation sites is 2. The molecule has 0 saturated heterocycles. The molecular formula is C27H26N2O3. The summed E-state index contributed by atoms with van der Waals surface area (Å²) in [7, 11) is 3.33. The van der Waals surface area contributed by atoms with Crippen molar-refractivity contribution in [2.45, 2.75) is 18.4 Å². The number of rotatable bonds is 4. The second kappa shape index (κ2) is 8.42. The number of anilines is 1. The van der Waals surface area contributed by atoms with Crippen LogP contribution in [-0.2, 0) is 0 Å². The van der Waals surface area contributed by atoms with Crippen LogP contribution in [0.5, 0.6) is 11.5 Å². The molecule has 0 amide bonds. The van der Waals surface area contributed by atoms with Gasteiger partial charge in [-0.05, 0) is 60.0 Å². The predicted molar refractivity (Wildman–Crippen MR) is 127 cm³/mol. The maximum atomic E-state index is 11.3. The molecule has 5 rings (SSSR count). The van der Waals surface area contributed by atoms with Crippen molar-refractivity contribution in [3.05, 3.63) is 95.8 Å². The van der Waals surface area contributed by atoms with Gasteiger partial charge >= 0.3 is 0 Å². The largest absolute Gasteiger partial charge is 0.512 e. The number of fused-ring (bicyclic) bond motifs is 2. The van der Waals surface area contributed by atoms with Gasteiger partial charge in [0.25, 0.3) is 0 Å². The second-order valence-corrected chi connectivity index (χ2v) is 8.17.